The smallest absolute Gasteiger partial charge is 0.259 e. The van der Waals surface area contributed by atoms with Crippen LogP contribution in [0.5, 0.6) is 0 Å². The lowest BCUT2D eigenvalue weighted by Crippen LogP contribution is -2.32. The Morgan fingerprint density at radius 2 is 1.92 bits per heavy atom. The molecule has 0 saturated carbocycles. The number of allylic oxidation sites excluding steroid dienone is 4. The normalized spacial score (nSPS) is 14.6. The van der Waals surface area contributed by atoms with Gasteiger partial charge in [-0.1, -0.05) is 35.4 Å². The van der Waals surface area contributed by atoms with Gasteiger partial charge in [0.2, 0.25) is 0 Å². The highest BCUT2D eigenvalue weighted by Crippen LogP contribution is 2.30. The molecule has 138 valence electrons. The van der Waals surface area contributed by atoms with Crippen molar-refractivity contribution in [2.24, 2.45) is 0 Å². The van der Waals surface area contributed by atoms with Crippen molar-refractivity contribution in [3.63, 3.8) is 0 Å². The molecular formula is C16H25N3O4P2. The van der Waals surface area contributed by atoms with Crippen LogP contribution in [-0.4, -0.2) is 20.8 Å². The Morgan fingerprint density at radius 3 is 2.48 bits per heavy atom. The molecule has 0 saturated heterocycles. The first-order chi connectivity index (χ1) is 11.9. The summed E-state index contributed by atoms with van der Waals surface area (Å²) < 4.78 is 33.5. The number of rotatable bonds is 12. The van der Waals surface area contributed by atoms with Gasteiger partial charge in [-0.05, 0) is 33.6 Å². The van der Waals surface area contributed by atoms with Crippen LogP contribution in [0.3, 0.4) is 0 Å². The average molecular weight is 385 g/mol. The zero-order valence-corrected chi connectivity index (χ0v) is 16.9. The van der Waals surface area contributed by atoms with Crippen molar-refractivity contribution in [3.8, 4) is 0 Å². The van der Waals surface area contributed by atoms with Crippen LogP contribution in [0.2, 0.25) is 0 Å². The monoisotopic (exact) mass is 385 g/mol. The van der Waals surface area contributed by atoms with Gasteiger partial charge in [0.1, 0.15) is 0 Å². The third kappa shape index (κ3) is 8.10. The molecule has 0 fully saturated rings. The molecule has 1 aromatic rings. The molecule has 1 heterocycles. The molecule has 0 unspecified atom stereocenters. The first-order valence-electron chi connectivity index (χ1n) is 8.14. The molecule has 0 N–H and O–H groups in total. The van der Waals surface area contributed by atoms with Crippen molar-refractivity contribution in [2.75, 3.05) is 0 Å². The molecule has 1 aromatic heterocycles. The van der Waals surface area contributed by atoms with Gasteiger partial charge in [0, 0.05) is 19.0 Å². The molecule has 0 aliphatic carbocycles. The van der Waals surface area contributed by atoms with Crippen LogP contribution in [0.1, 0.15) is 52.7 Å². The van der Waals surface area contributed by atoms with Gasteiger partial charge in [0.15, 0.2) is 5.79 Å². The number of nitrogens with zero attached hydrogens (tertiary/aromatic N) is 3. The second-order valence-electron chi connectivity index (χ2n) is 6.08. The van der Waals surface area contributed by atoms with E-state index in [9.17, 15) is 9.13 Å². The SMILES string of the molecule is CCC(Cc1cn(C/C=C(\C)CCC=C(C)C)nn1)(OP=O)OP=O. The van der Waals surface area contributed by atoms with Gasteiger partial charge >= 0.3 is 17.4 Å². The van der Waals surface area contributed by atoms with E-state index < -0.39 is 23.2 Å². The summed E-state index contributed by atoms with van der Waals surface area (Å²) in [4.78, 5) is 0. The standard InChI is InChI=1S/C16H25N3O4P2/c1-5-16(22-24-20,23-25-21)11-15-12-19(18-17-15)10-9-14(4)8-6-7-13(2)3/h7,9,12H,5-6,8,10-11H2,1-4H3/b14-9+. The van der Waals surface area contributed by atoms with Crippen molar-refractivity contribution in [1.82, 2.24) is 15.0 Å². The number of aromatic nitrogens is 3. The predicted molar refractivity (Wildman–Crippen MR) is 96.6 cm³/mol. The Morgan fingerprint density at radius 1 is 1.24 bits per heavy atom. The fourth-order valence-corrected chi connectivity index (χ4v) is 2.99. The third-order valence-electron chi connectivity index (χ3n) is 3.70. The van der Waals surface area contributed by atoms with Crippen LogP contribution in [0.15, 0.2) is 29.5 Å². The molecule has 0 spiro atoms. The highest BCUT2D eigenvalue weighted by atomic mass is 31.1. The average Bonchev–Trinajstić information content (AvgIpc) is 3.00. The summed E-state index contributed by atoms with van der Waals surface area (Å²) in [6.07, 6.45) is 8.73. The van der Waals surface area contributed by atoms with E-state index in [-0.39, 0.29) is 6.42 Å². The molecule has 0 bridgehead atoms. The van der Waals surface area contributed by atoms with Crippen molar-refractivity contribution in [3.05, 3.63) is 35.2 Å². The molecule has 9 heteroatoms. The quantitative estimate of drug-likeness (QED) is 0.284. The molecule has 0 atom stereocenters. The maximum absolute atomic E-state index is 10.8. The van der Waals surface area contributed by atoms with Crippen LogP contribution in [0, 0.1) is 0 Å². The topological polar surface area (TPSA) is 83.3 Å². The lowest BCUT2D eigenvalue weighted by atomic mass is 10.1. The predicted octanol–water partition coefficient (Wildman–Crippen LogP) is 5.07. The highest BCUT2D eigenvalue weighted by Gasteiger charge is 2.33. The summed E-state index contributed by atoms with van der Waals surface area (Å²) >= 11 is 0. The van der Waals surface area contributed by atoms with Crippen molar-refractivity contribution in [2.45, 2.75) is 65.7 Å². The lowest BCUT2D eigenvalue weighted by Gasteiger charge is -2.24. The zero-order valence-electron chi connectivity index (χ0n) is 15.1. The van der Waals surface area contributed by atoms with Crippen LogP contribution in [0.25, 0.3) is 0 Å². The van der Waals surface area contributed by atoms with E-state index in [1.54, 1.807) is 17.8 Å². The molecule has 0 aliphatic heterocycles. The minimum Gasteiger partial charge on any atom is -0.259 e. The zero-order chi connectivity index (χ0) is 18.7. The van der Waals surface area contributed by atoms with Crippen molar-refractivity contribution >= 4 is 17.4 Å². The van der Waals surface area contributed by atoms with E-state index >= 15 is 0 Å². The fraction of sp³-hybridized carbons (Fsp3) is 0.625. The largest absolute Gasteiger partial charge is 0.330 e. The van der Waals surface area contributed by atoms with Gasteiger partial charge in [-0.2, -0.15) is 0 Å². The summed E-state index contributed by atoms with van der Waals surface area (Å²) in [6.45, 7) is 8.70. The van der Waals surface area contributed by atoms with Crippen molar-refractivity contribution < 1.29 is 18.2 Å². The minimum atomic E-state index is -1.25. The van der Waals surface area contributed by atoms with E-state index in [0.29, 0.717) is 18.7 Å². The van der Waals surface area contributed by atoms with E-state index in [4.69, 9.17) is 9.05 Å². The maximum Gasteiger partial charge on any atom is 0.330 e. The van der Waals surface area contributed by atoms with Crippen molar-refractivity contribution in [1.29, 1.82) is 0 Å². The lowest BCUT2D eigenvalue weighted by molar-refractivity contribution is -0.100. The Labute approximate surface area is 152 Å². The van der Waals surface area contributed by atoms with E-state index in [1.165, 1.54) is 11.1 Å². The second-order valence-corrected chi connectivity index (χ2v) is 6.74. The van der Waals surface area contributed by atoms with Crippen LogP contribution < -0.4 is 0 Å². The van der Waals surface area contributed by atoms with Gasteiger partial charge in [0.25, 0.3) is 0 Å². The first-order valence-corrected chi connectivity index (χ1v) is 9.60. The summed E-state index contributed by atoms with van der Waals surface area (Å²) in [5.41, 5.74) is 3.23. The van der Waals surface area contributed by atoms with Gasteiger partial charge in [-0.25, -0.2) is 13.8 Å². The van der Waals surface area contributed by atoms with Gasteiger partial charge < -0.3 is 0 Å². The maximum atomic E-state index is 10.8. The highest BCUT2D eigenvalue weighted by molar-refractivity contribution is 7.18. The van der Waals surface area contributed by atoms with Crippen LogP contribution in [-0.2, 0) is 31.1 Å². The van der Waals surface area contributed by atoms with Crippen LogP contribution in [0.4, 0.5) is 0 Å². The summed E-state index contributed by atoms with van der Waals surface area (Å²) in [5.74, 6) is -1.25. The van der Waals surface area contributed by atoms with Crippen LogP contribution >= 0.6 is 17.4 Å². The molecule has 25 heavy (non-hydrogen) atoms. The minimum absolute atomic E-state index is 0.206. The Kier molecular flexibility index (Phi) is 9.91. The third-order valence-corrected chi connectivity index (χ3v) is 4.52. The Hall–Kier alpha value is -1.26. The van der Waals surface area contributed by atoms with Gasteiger partial charge in [-0.15, -0.1) is 5.10 Å². The molecule has 0 amide bonds. The number of hydrogen-bond acceptors (Lipinski definition) is 6. The summed E-state index contributed by atoms with van der Waals surface area (Å²) in [5, 5.41) is 8.15. The summed E-state index contributed by atoms with van der Waals surface area (Å²) in [6, 6.07) is 0. The van der Waals surface area contributed by atoms with E-state index in [0.717, 1.165) is 12.8 Å². The fourth-order valence-electron chi connectivity index (χ4n) is 2.20. The molecule has 0 aliphatic rings. The molecule has 0 radical (unpaired) electrons. The van der Waals surface area contributed by atoms with Gasteiger partial charge in [0.05, 0.1) is 12.2 Å². The summed E-state index contributed by atoms with van der Waals surface area (Å²) in [7, 11) is -1.07. The second kappa shape index (κ2) is 11.4. The van der Waals surface area contributed by atoms with E-state index in [2.05, 4.69) is 43.2 Å². The first kappa shape index (κ1) is 21.8. The molecule has 1 rings (SSSR count). The Bertz CT molecular complexity index is 615. The Balaban J connectivity index is 2.67. The number of hydrogen-bond donors (Lipinski definition) is 0. The molecular weight excluding hydrogens is 360 g/mol. The van der Waals surface area contributed by atoms with Gasteiger partial charge in [-0.3, -0.25) is 9.05 Å². The molecule has 7 nitrogen and oxygen atoms in total. The van der Waals surface area contributed by atoms with E-state index in [1.807, 2.05) is 0 Å². The molecule has 0 aromatic carbocycles.